The number of aryl methyl sites for hydroxylation is 1. The van der Waals surface area contributed by atoms with Crippen LogP contribution in [-0.4, -0.2) is 28.8 Å². The molecule has 1 aliphatic heterocycles. The number of carbonyl (C=O) groups is 1. The van der Waals surface area contributed by atoms with Crippen molar-refractivity contribution in [2.75, 3.05) is 13.2 Å². The molecule has 2 heterocycles. The number of hydrogen-bond donors (Lipinski definition) is 1. The normalized spacial score (nSPS) is 21.6. The van der Waals surface area contributed by atoms with Gasteiger partial charge in [0.25, 0.3) is 0 Å². The van der Waals surface area contributed by atoms with Crippen molar-refractivity contribution in [3.8, 4) is 0 Å². The third-order valence-electron chi connectivity index (χ3n) is 4.19. The minimum atomic E-state index is -0.112. The summed E-state index contributed by atoms with van der Waals surface area (Å²) in [6, 6.07) is 0. The Hall–Kier alpha value is -1.62. The van der Waals surface area contributed by atoms with E-state index in [1.54, 1.807) is 0 Å². The zero-order valence-electron chi connectivity index (χ0n) is 12.6. The molecular weight excluding hydrogens is 266 g/mol. The maximum Gasteiger partial charge on any atom is 0.224 e. The lowest BCUT2D eigenvalue weighted by Crippen LogP contribution is -2.32. The summed E-state index contributed by atoms with van der Waals surface area (Å²) >= 11 is 0. The summed E-state index contributed by atoms with van der Waals surface area (Å²) in [5, 5.41) is 7.45. The van der Waals surface area contributed by atoms with Crippen molar-refractivity contribution in [1.82, 2.24) is 15.1 Å². The molecule has 1 aliphatic carbocycles. The van der Waals surface area contributed by atoms with Gasteiger partial charge in [-0.2, -0.15) is 5.10 Å². The smallest absolute Gasteiger partial charge is 0.224 e. The fourth-order valence-corrected chi connectivity index (χ4v) is 3.10. The molecule has 0 unspecified atom stereocenters. The number of allylic oxidation sites excluding steroid dienone is 1. The lowest BCUT2D eigenvalue weighted by Gasteiger charge is -2.22. The van der Waals surface area contributed by atoms with E-state index in [2.05, 4.69) is 16.5 Å². The highest BCUT2D eigenvalue weighted by atomic mass is 16.5. The van der Waals surface area contributed by atoms with Gasteiger partial charge in [-0.25, -0.2) is 0 Å². The first-order valence-corrected chi connectivity index (χ1v) is 7.81. The van der Waals surface area contributed by atoms with Crippen LogP contribution in [0.3, 0.4) is 0 Å². The lowest BCUT2D eigenvalue weighted by atomic mass is 9.97. The second-order valence-corrected chi connectivity index (χ2v) is 5.91. The van der Waals surface area contributed by atoms with Crippen LogP contribution in [0.2, 0.25) is 0 Å². The Kier molecular flexibility index (Phi) is 4.39. The Bertz CT molecular complexity index is 548. The largest absolute Gasteiger partial charge is 0.370 e. The van der Waals surface area contributed by atoms with Crippen LogP contribution >= 0.6 is 0 Å². The van der Waals surface area contributed by atoms with Gasteiger partial charge < -0.3 is 10.1 Å². The monoisotopic (exact) mass is 289 g/mol. The predicted octanol–water partition coefficient (Wildman–Crippen LogP) is 2.04. The van der Waals surface area contributed by atoms with Gasteiger partial charge in [0.1, 0.15) is 6.10 Å². The van der Waals surface area contributed by atoms with Gasteiger partial charge in [0.2, 0.25) is 5.91 Å². The number of carbonyl (C=O) groups excluding carboxylic acids is 1. The Morgan fingerprint density at radius 2 is 2.38 bits per heavy atom. The number of ether oxygens (including phenoxy) is 1. The Labute approximate surface area is 125 Å². The van der Waals surface area contributed by atoms with E-state index >= 15 is 0 Å². The van der Waals surface area contributed by atoms with E-state index in [0.717, 1.165) is 25.0 Å². The summed E-state index contributed by atoms with van der Waals surface area (Å²) in [4.78, 5) is 12.0. The van der Waals surface area contributed by atoms with Crippen LogP contribution in [0.4, 0.5) is 0 Å². The first kappa shape index (κ1) is 14.3. The van der Waals surface area contributed by atoms with Crippen LogP contribution < -0.4 is 5.32 Å². The maximum absolute atomic E-state index is 12.0. The summed E-state index contributed by atoms with van der Waals surface area (Å²) in [7, 11) is 1.92. The molecule has 2 aliphatic rings. The maximum atomic E-state index is 12.0. The topological polar surface area (TPSA) is 56.2 Å². The summed E-state index contributed by atoms with van der Waals surface area (Å²) in [6.07, 6.45) is 10.2. The average molecular weight is 289 g/mol. The highest BCUT2D eigenvalue weighted by Crippen LogP contribution is 2.25. The van der Waals surface area contributed by atoms with Gasteiger partial charge in [0, 0.05) is 26.2 Å². The fourth-order valence-electron chi connectivity index (χ4n) is 3.10. The van der Waals surface area contributed by atoms with Crippen LogP contribution in [-0.2, 0) is 23.0 Å². The molecule has 0 aromatic carbocycles. The van der Waals surface area contributed by atoms with Crippen molar-refractivity contribution in [3.05, 3.63) is 29.1 Å². The SMILES string of the molecule is Cn1cc2c(n1)[C@H](CNC(=O)CC1=CCCCC1)OCC2. The molecule has 1 amide bonds. The number of amides is 1. The quantitative estimate of drug-likeness (QED) is 0.863. The summed E-state index contributed by atoms with van der Waals surface area (Å²) < 4.78 is 7.57. The number of hydrogen-bond acceptors (Lipinski definition) is 3. The molecule has 5 heteroatoms. The number of nitrogens with one attached hydrogen (secondary N) is 1. The van der Waals surface area contributed by atoms with Crippen LogP contribution in [0.15, 0.2) is 17.8 Å². The summed E-state index contributed by atoms with van der Waals surface area (Å²) in [5.41, 5.74) is 3.49. The predicted molar refractivity (Wildman–Crippen MR) is 79.8 cm³/mol. The van der Waals surface area contributed by atoms with E-state index < -0.39 is 0 Å². The first-order chi connectivity index (χ1) is 10.2. The van der Waals surface area contributed by atoms with Crippen LogP contribution in [0.25, 0.3) is 0 Å². The number of aromatic nitrogens is 2. The van der Waals surface area contributed by atoms with Crippen molar-refractivity contribution in [3.63, 3.8) is 0 Å². The first-order valence-electron chi connectivity index (χ1n) is 7.81. The Morgan fingerprint density at radius 1 is 1.48 bits per heavy atom. The van der Waals surface area contributed by atoms with E-state index in [0.29, 0.717) is 19.6 Å². The standard InChI is InChI=1S/C16H23N3O2/c1-19-11-13-7-8-21-14(16(13)18-19)10-17-15(20)9-12-5-3-2-4-6-12/h5,11,14H,2-4,6-10H2,1H3,(H,17,20)/t14-/m0/s1. The van der Waals surface area contributed by atoms with Gasteiger partial charge in [0.15, 0.2) is 0 Å². The van der Waals surface area contributed by atoms with Crippen LogP contribution in [0.1, 0.15) is 49.5 Å². The van der Waals surface area contributed by atoms with Crippen molar-refractivity contribution in [2.45, 2.75) is 44.6 Å². The molecule has 1 N–H and O–H groups in total. The van der Waals surface area contributed by atoms with Gasteiger partial charge in [0.05, 0.1) is 12.3 Å². The molecule has 3 rings (SSSR count). The van der Waals surface area contributed by atoms with Crippen molar-refractivity contribution < 1.29 is 9.53 Å². The molecule has 114 valence electrons. The zero-order valence-corrected chi connectivity index (χ0v) is 12.6. The molecule has 0 saturated carbocycles. The molecular formula is C16H23N3O2. The Balaban J connectivity index is 1.53. The van der Waals surface area contributed by atoms with E-state index in [1.807, 2.05) is 17.9 Å². The van der Waals surface area contributed by atoms with Crippen molar-refractivity contribution in [2.24, 2.45) is 7.05 Å². The average Bonchev–Trinajstić information content (AvgIpc) is 2.87. The number of nitrogens with zero attached hydrogens (tertiary/aromatic N) is 2. The zero-order chi connectivity index (χ0) is 14.7. The molecule has 0 bridgehead atoms. The molecule has 0 fully saturated rings. The van der Waals surface area contributed by atoms with Gasteiger partial charge >= 0.3 is 0 Å². The lowest BCUT2D eigenvalue weighted by molar-refractivity contribution is -0.121. The molecule has 0 spiro atoms. The molecule has 1 aromatic heterocycles. The molecule has 5 nitrogen and oxygen atoms in total. The molecule has 0 saturated heterocycles. The molecule has 1 atom stereocenters. The third kappa shape index (κ3) is 3.53. The summed E-state index contributed by atoms with van der Waals surface area (Å²) in [5.74, 6) is 0.0924. The number of rotatable bonds is 4. The van der Waals surface area contributed by atoms with E-state index in [-0.39, 0.29) is 12.0 Å². The minimum Gasteiger partial charge on any atom is -0.370 e. The third-order valence-corrected chi connectivity index (χ3v) is 4.19. The van der Waals surface area contributed by atoms with Gasteiger partial charge in [-0.05, 0) is 37.7 Å². The molecule has 0 radical (unpaired) electrons. The fraction of sp³-hybridized carbons (Fsp3) is 0.625. The van der Waals surface area contributed by atoms with E-state index in [9.17, 15) is 4.79 Å². The number of fused-ring (bicyclic) bond motifs is 1. The molecule has 21 heavy (non-hydrogen) atoms. The highest BCUT2D eigenvalue weighted by molar-refractivity contribution is 5.78. The van der Waals surface area contributed by atoms with Gasteiger partial charge in [-0.1, -0.05) is 11.6 Å². The minimum absolute atomic E-state index is 0.0924. The van der Waals surface area contributed by atoms with Crippen LogP contribution in [0, 0.1) is 0 Å². The van der Waals surface area contributed by atoms with Gasteiger partial charge in [-0.15, -0.1) is 0 Å². The van der Waals surface area contributed by atoms with E-state index in [1.165, 1.54) is 24.0 Å². The van der Waals surface area contributed by atoms with Crippen molar-refractivity contribution >= 4 is 5.91 Å². The Morgan fingerprint density at radius 3 is 3.19 bits per heavy atom. The summed E-state index contributed by atoms with van der Waals surface area (Å²) in [6.45, 7) is 1.21. The molecule has 1 aromatic rings. The second-order valence-electron chi connectivity index (χ2n) is 5.91. The van der Waals surface area contributed by atoms with Crippen molar-refractivity contribution in [1.29, 1.82) is 0 Å². The van der Waals surface area contributed by atoms with E-state index in [4.69, 9.17) is 4.74 Å². The van der Waals surface area contributed by atoms with Crippen LogP contribution in [0.5, 0.6) is 0 Å². The second kappa shape index (κ2) is 6.43. The van der Waals surface area contributed by atoms with Gasteiger partial charge in [-0.3, -0.25) is 9.48 Å². The highest BCUT2D eigenvalue weighted by Gasteiger charge is 2.24.